The van der Waals surface area contributed by atoms with Gasteiger partial charge in [-0.25, -0.2) is 0 Å². The van der Waals surface area contributed by atoms with Crippen molar-refractivity contribution in [1.29, 1.82) is 0 Å². The molecule has 0 saturated heterocycles. The minimum Gasteiger partial charge on any atom is -0.497 e. The average Bonchev–Trinajstić information content (AvgIpc) is 1.62. The van der Waals surface area contributed by atoms with Crippen LogP contribution in [0.25, 0.3) is 54.6 Å². The standard InChI is InChI=1S/C22H24O2.C19H24O3.C19H20O2.C19H22O2.C18H18O2.C18H20O2.12CH4/c1-5-22(3,4)21(23)24-15(2)19-12-8-11-18-13-16-9-6-7-10-17(16)14-20(18)19;1-6-19(3,4)18(20)22-13(2)14-7-8-16-12-17(21-5)10-9-15(16)11-14;1-4-19(2,3)18(20)21-17-15-11-7-5-9-13(15)14-10-6-8-12-16(14)17;1-4-19(2,3)18(20)21-17(15-11-7-5-8-12-15)16-13-9-6-10-14-16;1-3-12(2)18(19)20-17-15-10-6-4-8-13(15)14-9-5-7-11-16(14)17;1-3-14(2)18(19)20-17(15-10-6-4-7-11-15)16-12-8-5-9-13-16;;;;;;;;;;;;/h6-15H,5H2,1-4H3;7-13H,6H2,1-5H3;5-12,17H,4H2,1-3H3;5-14,17H,4H2,1-3H3;4-12,17H,3H2,1-2H3;4-14,17H,3H2,1-2H3;12*1H4. The van der Waals surface area contributed by atoms with Crippen molar-refractivity contribution in [3.05, 3.63) is 365 Å². The minimum absolute atomic E-state index is 0. The highest BCUT2D eigenvalue weighted by Gasteiger charge is 2.38. The molecule has 0 N–H and O–H groups in total. The number of benzene rings is 13. The van der Waals surface area contributed by atoms with Gasteiger partial charge in [-0.2, -0.15) is 0 Å². The first-order chi connectivity index (χ1) is 61.3. The molecule has 0 bridgehead atoms. The Balaban J connectivity index is -0.00000158. The van der Waals surface area contributed by atoms with Crippen LogP contribution in [0.15, 0.2) is 309 Å². The van der Waals surface area contributed by atoms with Crippen LogP contribution >= 0.6 is 0 Å². The summed E-state index contributed by atoms with van der Waals surface area (Å²) in [5.41, 5.74) is 13.2. The van der Waals surface area contributed by atoms with Gasteiger partial charge in [0.25, 0.3) is 0 Å². The molecule has 0 spiro atoms. The average molecular weight is 1910 g/mol. The number of esters is 6. The van der Waals surface area contributed by atoms with Gasteiger partial charge in [0.2, 0.25) is 0 Å². The third-order valence-electron chi connectivity index (χ3n) is 25.0. The fourth-order valence-corrected chi connectivity index (χ4v) is 14.3. The van der Waals surface area contributed by atoms with E-state index >= 15 is 0 Å². The normalized spacial score (nSPS) is 11.9. The number of ether oxygens (including phenoxy) is 7. The van der Waals surface area contributed by atoms with Crippen molar-refractivity contribution in [2.45, 2.75) is 289 Å². The van der Waals surface area contributed by atoms with Crippen LogP contribution in [0.4, 0.5) is 0 Å². The molecule has 13 heteroatoms. The summed E-state index contributed by atoms with van der Waals surface area (Å²) in [7, 11) is 1.66. The van der Waals surface area contributed by atoms with Gasteiger partial charge in [-0.15, -0.1) is 0 Å². The van der Waals surface area contributed by atoms with E-state index in [0.29, 0.717) is 0 Å². The summed E-state index contributed by atoms with van der Waals surface area (Å²) >= 11 is 0. The Morgan fingerprint density at radius 3 is 0.950 bits per heavy atom. The molecule has 13 nitrogen and oxygen atoms in total. The number of carbonyl (C=O) groups excluding carboxylic acids is 6. The molecule has 0 saturated carbocycles. The lowest BCUT2D eigenvalue weighted by Crippen LogP contribution is -2.27. The molecule has 0 fully saturated rings. The fraction of sp³-hybridized carbons (Fsp3) is 0.386. The number of fused-ring (bicyclic) bond motifs is 9. The largest absolute Gasteiger partial charge is 0.497 e. The van der Waals surface area contributed by atoms with Gasteiger partial charge in [-0.3, -0.25) is 28.8 Å². The Kier molecular flexibility index (Phi) is 57.2. The van der Waals surface area contributed by atoms with E-state index in [1.54, 1.807) is 7.11 Å². The van der Waals surface area contributed by atoms with Crippen LogP contribution in [0.1, 0.15) is 345 Å². The Morgan fingerprint density at radius 1 is 0.271 bits per heavy atom. The van der Waals surface area contributed by atoms with Crippen molar-refractivity contribution in [3.63, 3.8) is 0 Å². The maximum Gasteiger partial charge on any atom is 0.312 e. The first kappa shape index (κ1) is 131. The molecule has 13 aromatic carbocycles. The fourth-order valence-electron chi connectivity index (χ4n) is 14.3. The van der Waals surface area contributed by atoms with Gasteiger partial charge in [0.1, 0.15) is 18.0 Å². The molecule has 0 heterocycles. The summed E-state index contributed by atoms with van der Waals surface area (Å²) in [5.74, 6) is -0.171. The molecule has 4 unspecified atom stereocenters. The third kappa shape index (κ3) is 33.5. The predicted molar refractivity (Wildman–Crippen MR) is 598 cm³/mol. The molecule has 13 aromatic rings. The Morgan fingerprint density at radius 2 is 0.571 bits per heavy atom. The van der Waals surface area contributed by atoms with Crippen molar-refractivity contribution >= 4 is 68.1 Å². The van der Waals surface area contributed by atoms with Crippen LogP contribution in [0.2, 0.25) is 0 Å². The molecule has 0 radical (unpaired) electrons. The molecular weight excluding hydrogens is 1730 g/mol. The first-order valence-electron chi connectivity index (χ1n) is 45.1. The van der Waals surface area contributed by atoms with E-state index in [9.17, 15) is 28.8 Å². The van der Waals surface area contributed by atoms with E-state index in [1.807, 2.05) is 367 Å². The SMILES string of the molecule is C.C.C.C.C.C.C.C.C.C.C.C.CCC(C)(C)C(=O)OC(C)c1ccc2cc(OC)ccc2c1.CCC(C)(C)C(=O)OC(C)c1cccc2cc3ccccc3cc12.CCC(C)(C)C(=O)OC(c1ccccc1)c1ccccc1.CCC(C)(C)C(=O)OC1c2ccccc2-c2ccccc21.CCC(C)C(=O)OC(c1ccccc1)c1ccccc1.CCC(C)C(=O)OC1c2ccccc2-c2ccccc21. The minimum atomic E-state index is -0.470. The van der Waals surface area contributed by atoms with Gasteiger partial charge >= 0.3 is 35.8 Å². The smallest absolute Gasteiger partial charge is 0.312 e. The monoisotopic (exact) mass is 1910 g/mol. The highest BCUT2D eigenvalue weighted by molar-refractivity contribution is 6.00. The molecule has 2 aliphatic carbocycles. The maximum atomic E-state index is 12.4. The Bertz CT molecular complexity index is 5630. The molecule has 140 heavy (non-hydrogen) atoms. The van der Waals surface area contributed by atoms with Gasteiger partial charge in [-0.1, -0.05) is 424 Å². The van der Waals surface area contributed by atoms with E-state index in [2.05, 4.69) is 66.7 Å². The highest BCUT2D eigenvalue weighted by Crippen LogP contribution is 2.48. The van der Waals surface area contributed by atoms with E-state index in [0.717, 1.165) is 116 Å². The second-order valence-corrected chi connectivity index (χ2v) is 35.6. The number of carbonyl (C=O) groups is 6. The molecule has 0 aliphatic heterocycles. The number of methoxy groups -OCH3 is 1. The van der Waals surface area contributed by atoms with Crippen molar-refractivity contribution in [2.24, 2.45) is 33.5 Å². The first-order valence-corrected chi connectivity index (χ1v) is 45.1. The number of hydrogen-bond acceptors (Lipinski definition) is 13. The quantitative estimate of drug-likeness (QED) is 0.0301. The molecule has 0 aromatic heterocycles. The number of rotatable bonds is 25. The zero-order chi connectivity index (χ0) is 92.5. The maximum absolute atomic E-state index is 12.4. The van der Waals surface area contributed by atoms with Crippen molar-refractivity contribution in [3.8, 4) is 28.0 Å². The topological polar surface area (TPSA) is 167 Å². The zero-order valence-corrected chi connectivity index (χ0v) is 78.1. The lowest BCUT2D eigenvalue weighted by atomic mass is 9.90. The van der Waals surface area contributed by atoms with Crippen LogP contribution in [0, 0.1) is 33.5 Å². The summed E-state index contributed by atoms with van der Waals surface area (Å²) in [6.45, 7) is 35.1. The van der Waals surface area contributed by atoms with Gasteiger partial charge in [0.05, 0.1) is 40.6 Å². The summed E-state index contributed by atoms with van der Waals surface area (Å²) < 4.78 is 39.9. The van der Waals surface area contributed by atoms with E-state index in [1.165, 1.54) is 38.4 Å². The molecular formula is C127H176O13. The van der Waals surface area contributed by atoms with E-state index < -0.39 is 21.7 Å². The highest BCUT2D eigenvalue weighted by atomic mass is 16.6. The Labute approximate surface area is 847 Å². The van der Waals surface area contributed by atoms with Gasteiger partial charge in [0, 0.05) is 27.8 Å². The molecule has 2 aliphatic rings. The van der Waals surface area contributed by atoms with Crippen molar-refractivity contribution in [1.82, 2.24) is 0 Å². The second kappa shape index (κ2) is 61.0. The van der Waals surface area contributed by atoms with Crippen LogP contribution in [0.3, 0.4) is 0 Å². The molecule has 762 valence electrons. The van der Waals surface area contributed by atoms with Gasteiger partial charge in [-0.05, 0) is 220 Å². The molecule has 0 amide bonds. The summed E-state index contributed by atoms with van der Waals surface area (Å²) in [4.78, 5) is 73.7. The van der Waals surface area contributed by atoms with Gasteiger partial charge in [0.15, 0.2) is 24.4 Å². The predicted octanol–water partition coefficient (Wildman–Crippen LogP) is 36.8. The van der Waals surface area contributed by atoms with E-state index in [-0.39, 0.29) is 173 Å². The van der Waals surface area contributed by atoms with Crippen LogP contribution in [0.5, 0.6) is 5.75 Å². The van der Waals surface area contributed by atoms with Crippen LogP contribution in [-0.4, -0.2) is 42.9 Å². The summed E-state index contributed by atoms with van der Waals surface area (Å²) in [6, 6.07) is 103. The van der Waals surface area contributed by atoms with Crippen molar-refractivity contribution in [2.75, 3.05) is 7.11 Å². The number of hydrogen-bond donors (Lipinski definition) is 0. The zero-order valence-electron chi connectivity index (χ0n) is 78.1. The Hall–Kier alpha value is -12.7. The summed E-state index contributed by atoms with van der Waals surface area (Å²) in [5, 5.41) is 6.95. The lowest BCUT2D eigenvalue weighted by molar-refractivity contribution is -0.160. The molecule has 15 rings (SSSR count). The molecule has 4 atom stereocenters. The van der Waals surface area contributed by atoms with Crippen LogP contribution in [-0.2, 0) is 57.2 Å². The third-order valence-corrected chi connectivity index (χ3v) is 25.0. The van der Waals surface area contributed by atoms with E-state index in [4.69, 9.17) is 33.2 Å². The summed E-state index contributed by atoms with van der Waals surface area (Å²) in [6.07, 6.45) is 2.87. The second-order valence-electron chi connectivity index (χ2n) is 35.6. The lowest BCUT2D eigenvalue weighted by Gasteiger charge is -2.26. The van der Waals surface area contributed by atoms with Gasteiger partial charge < -0.3 is 33.2 Å². The van der Waals surface area contributed by atoms with Crippen LogP contribution < -0.4 is 4.74 Å². The van der Waals surface area contributed by atoms with Crippen molar-refractivity contribution < 1.29 is 61.9 Å².